The van der Waals surface area contributed by atoms with E-state index in [4.69, 9.17) is 4.74 Å². The smallest absolute Gasteiger partial charge is 0.138 e. The Balaban J connectivity index is 2.03. The highest BCUT2D eigenvalue weighted by molar-refractivity contribution is 5.85. The van der Waals surface area contributed by atoms with Gasteiger partial charge in [-0.15, -0.1) is 0 Å². The minimum absolute atomic E-state index is 0.325. The van der Waals surface area contributed by atoms with E-state index in [1.165, 1.54) is 36.4 Å². The van der Waals surface area contributed by atoms with Crippen LogP contribution in [0.15, 0.2) is 54.7 Å². The molecule has 4 heteroatoms. The number of aromatic nitrogens is 1. The van der Waals surface area contributed by atoms with Gasteiger partial charge in [0.25, 0.3) is 0 Å². The molecule has 0 aliphatic carbocycles. The molecule has 0 saturated carbocycles. The van der Waals surface area contributed by atoms with Gasteiger partial charge in [-0.05, 0) is 42.5 Å². The van der Waals surface area contributed by atoms with Gasteiger partial charge in [0.2, 0.25) is 0 Å². The molecule has 0 atom stereocenters. The van der Waals surface area contributed by atoms with Crippen LogP contribution in [0.5, 0.6) is 11.5 Å². The van der Waals surface area contributed by atoms with E-state index in [1.807, 2.05) is 0 Å². The Bertz CT molecular complexity index is 726. The van der Waals surface area contributed by atoms with E-state index in [1.54, 1.807) is 18.3 Å². The summed E-state index contributed by atoms with van der Waals surface area (Å²) in [5.74, 6) is 0.391. The normalized spacial score (nSPS) is 10.6. The molecule has 1 heterocycles. The molecule has 94 valence electrons. The van der Waals surface area contributed by atoms with Crippen LogP contribution in [0.25, 0.3) is 10.9 Å². The first kappa shape index (κ1) is 11.6. The van der Waals surface area contributed by atoms with Crippen LogP contribution in [0.1, 0.15) is 0 Å². The van der Waals surface area contributed by atoms with Crippen molar-refractivity contribution in [1.82, 2.24) is 4.98 Å². The van der Waals surface area contributed by atoms with Crippen LogP contribution in [-0.4, -0.2) is 4.98 Å². The van der Waals surface area contributed by atoms with Crippen LogP contribution >= 0.6 is 0 Å². The zero-order valence-corrected chi connectivity index (χ0v) is 9.81. The molecule has 0 amide bonds. The molecule has 0 aliphatic rings. The van der Waals surface area contributed by atoms with Gasteiger partial charge < -0.3 is 4.74 Å². The van der Waals surface area contributed by atoms with Gasteiger partial charge in [-0.25, -0.2) is 8.78 Å². The summed E-state index contributed by atoms with van der Waals surface area (Å²) in [6.45, 7) is 0. The van der Waals surface area contributed by atoms with Crippen molar-refractivity contribution in [2.75, 3.05) is 0 Å². The van der Waals surface area contributed by atoms with Crippen molar-refractivity contribution in [1.29, 1.82) is 0 Å². The first-order valence-corrected chi connectivity index (χ1v) is 5.70. The van der Waals surface area contributed by atoms with E-state index in [9.17, 15) is 8.78 Å². The summed E-state index contributed by atoms with van der Waals surface area (Å²) in [5, 5.41) is 0.702. The van der Waals surface area contributed by atoms with Crippen molar-refractivity contribution < 1.29 is 13.5 Å². The van der Waals surface area contributed by atoms with Gasteiger partial charge in [-0.3, -0.25) is 4.98 Å². The molecule has 0 bridgehead atoms. The maximum atomic E-state index is 13.1. The quantitative estimate of drug-likeness (QED) is 0.682. The molecular formula is C15H9F2NO. The first-order valence-electron chi connectivity index (χ1n) is 5.70. The van der Waals surface area contributed by atoms with Crippen molar-refractivity contribution in [2.24, 2.45) is 0 Å². The van der Waals surface area contributed by atoms with Crippen molar-refractivity contribution in [3.8, 4) is 11.5 Å². The van der Waals surface area contributed by atoms with Gasteiger partial charge in [0.05, 0.1) is 5.52 Å². The fraction of sp³-hybridized carbons (Fsp3) is 0. The molecular weight excluding hydrogens is 248 g/mol. The van der Waals surface area contributed by atoms with Gasteiger partial charge in [-0.2, -0.15) is 0 Å². The van der Waals surface area contributed by atoms with E-state index >= 15 is 0 Å². The number of benzene rings is 2. The molecule has 0 unspecified atom stereocenters. The van der Waals surface area contributed by atoms with Crippen LogP contribution in [0, 0.1) is 11.6 Å². The van der Waals surface area contributed by atoms with E-state index < -0.39 is 0 Å². The summed E-state index contributed by atoms with van der Waals surface area (Å²) in [4.78, 5) is 4.08. The van der Waals surface area contributed by atoms with Crippen molar-refractivity contribution in [3.63, 3.8) is 0 Å². The lowest BCUT2D eigenvalue weighted by atomic mass is 10.2. The second kappa shape index (κ2) is 4.65. The van der Waals surface area contributed by atoms with Crippen LogP contribution in [-0.2, 0) is 0 Å². The Hall–Kier alpha value is -2.49. The van der Waals surface area contributed by atoms with E-state index in [-0.39, 0.29) is 11.6 Å². The average Bonchev–Trinajstić information content (AvgIpc) is 2.41. The maximum absolute atomic E-state index is 13.1. The van der Waals surface area contributed by atoms with Crippen molar-refractivity contribution in [3.05, 3.63) is 66.4 Å². The van der Waals surface area contributed by atoms with Crippen LogP contribution in [0.4, 0.5) is 8.78 Å². The third-order valence-corrected chi connectivity index (χ3v) is 2.71. The van der Waals surface area contributed by atoms with Gasteiger partial charge in [-0.1, -0.05) is 0 Å². The summed E-state index contributed by atoms with van der Waals surface area (Å²) in [7, 11) is 0. The van der Waals surface area contributed by atoms with Crippen LogP contribution in [0.2, 0.25) is 0 Å². The zero-order valence-electron chi connectivity index (χ0n) is 9.81. The average molecular weight is 257 g/mol. The predicted octanol–water partition coefficient (Wildman–Crippen LogP) is 4.31. The number of nitrogens with zero attached hydrogens (tertiary/aromatic N) is 1. The predicted molar refractivity (Wildman–Crippen MR) is 68.2 cm³/mol. The standard InChI is InChI=1S/C15H9F2NO/c16-10-1-4-12(5-2-10)19-15-7-8-18-14-9-11(17)3-6-13(14)15/h1-9H. The molecule has 3 rings (SSSR count). The van der Waals surface area contributed by atoms with Crippen molar-refractivity contribution in [2.45, 2.75) is 0 Å². The van der Waals surface area contributed by atoms with Gasteiger partial charge >= 0.3 is 0 Å². The van der Waals surface area contributed by atoms with Crippen molar-refractivity contribution >= 4 is 10.9 Å². The van der Waals surface area contributed by atoms with E-state index in [0.717, 1.165) is 0 Å². The SMILES string of the molecule is Fc1ccc(Oc2ccnc3cc(F)ccc23)cc1. The number of halogens is 2. The topological polar surface area (TPSA) is 22.1 Å². The summed E-state index contributed by atoms with van der Waals surface area (Å²) >= 11 is 0. The molecule has 2 nitrogen and oxygen atoms in total. The molecule has 0 saturated heterocycles. The van der Waals surface area contributed by atoms with Crippen LogP contribution in [0.3, 0.4) is 0 Å². The lowest BCUT2D eigenvalue weighted by Gasteiger charge is -2.08. The third-order valence-electron chi connectivity index (χ3n) is 2.71. The number of fused-ring (bicyclic) bond motifs is 1. The molecule has 0 radical (unpaired) electrons. The highest BCUT2D eigenvalue weighted by atomic mass is 19.1. The minimum atomic E-state index is -0.348. The molecule has 2 aromatic carbocycles. The molecule has 19 heavy (non-hydrogen) atoms. The lowest BCUT2D eigenvalue weighted by Crippen LogP contribution is -1.88. The summed E-state index contributed by atoms with van der Waals surface area (Å²) < 4.78 is 31.6. The largest absolute Gasteiger partial charge is 0.457 e. The van der Waals surface area contributed by atoms with Crippen LogP contribution < -0.4 is 4.74 Å². The Morgan fingerprint density at radius 1 is 0.842 bits per heavy atom. The lowest BCUT2D eigenvalue weighted by molar-refractivity contribution is 0.485. The molecule has 0 N–H and O–H groups in total. The van der Waals surface area contributed by atoms with Gasteiger partial charge in [0, 0.05) is 17.6 Å². The zero-order chi connectivity index (χ0) is 13.2. The fourth-order valence-corrected chi connectivity index (χ4v) is 1.81. The summed E-state index contributed by atoms with van der Waals surface area (Å²) in [6, 6.07) is 11.7. The second-order valence-corrected chi connectivity index (χ2v) is 4.03. The van der Waals surface area contributed by atoms with E-state index in [0.29, 0.717) is 22.4 Å². The monoisotopic (exact) mass is 257 g/mol. The van der Waals surface area contributed by atoms with E-state index in [2.05, 4.69) is 4.98 Å². The Labute approximate surface area is 108 Å². The number of hydrogen-bond donors (Lipinski definition) is 0. The fourth-order valence-electron chi connectivity index (χ4n) is 1.81. The highest BCUT2D eigenvalue weighted by Gasteiger charge is 2.05. The van der Waals surface area contributed by atoms with Gasteiger partial charge in [0.1, 0.15) is 23.1 Å². The minimum Gasteiger partial charge on any atom is -0.457 e. The third kappa shape index (κ3) is 2.38. The number of rotatable bonds is 2. The number of ether oxygens (including phenoxy) is 1. The molecule has 0 aliphatic heterocycles. The summed E-state index contributed by atoms with van der Waals surface area (Å²) in [6.07, 6.45) is 1.54. The number of pyridine rings is 1. The molecule has 3 aromatic rings. The maximum Gasteiger partial charge on any atom is 0.138 e. The Morgan fingerprint density at radius 2 is 1.58 bits per heavy atom. The Kier molecular flexibility index (Phi) is 2.83. The summed E-state index contributed by atoms with van der Waals surface area (Å²) in [5.41, 5.74) is 0.514. The molecule has 0 fully saturated rings. The second-order valence-electron chi connectivity index (χ2n) is 4.03. The molecule has 0 spiro atoms. The highest BCUT2D eigenvalue weighted by Crippen LogP contribution is 2.29. The Morgan fingerprint density at radius 3 is 2.37 bits per heavy atom. The van der Waals surface area contributed by atoms with Gasteiger partial charge in [0.15, 0.2) is 0 Å². The molecule has 1 aromatic heterocycles. The first-order chi connectivity index (χ1) is 9.22. The number of hydrogen-bond acceptors (Lipinski definition) is 2.